The molecule has 0 bridgehead atoms. The number of pyridine rings is 1. The highest BCUT2D eigenvalue weighted by Crippen LogP contribution is 2.50. The molecule has 1 aromatic carbocycles. The molecule has 0 unspecified atom stereocenters. The van der Waals surface area contributed by atoms with Crippen LogP contribution >= 0.6 is 0 Å². The van der Waals surface area contributed by atoms with E-state index in [0.717, 1.165) is 17.8 Å². The number of aromatic amines is 2. The van der Waals surface area contributed by atoms with E-state index in [2.05, 4.69) is 63.7 Å². The van der Waals surface area contributed by atoms with Gasteiger partial charge in [0.1, 0.15) is 5.69 Å². The predicted octanol–water partition coefficient (Wildman–Crippen LogP) is 3.69. The Bertz CT molecular complexity index is 1090. The largest absolute Gasteiger partial charge is 0.358 e. The van der Waals surface area contributed by atoms with Crippen LogP contribution in [0.1, 0.15) is 42.3 Å². The summed E-state index contributed by atoms with van der Waals surface area (Å²) in [6, 6.07) is 12.6. The van der Waals surface area contributed by atoms with Crippen molar-refractivity contribution in [2.24, 2.45) is 0 Å². The van der Waals surface area contributed by atoms with Crippen molar-refractivity contribution in [3.05, 3.63) is 58.9 Å². The predicted molar refractivity (Wildman–Crippen MR) is 99.8 cm³/mol. The molecule has 26 heavy (non-hydrogen) atoms. The summed E-state index contributed by atoms with van der Waals surface area (Å²) < 4.78 is 0. The third kappa shape index (κ3) is 2.49. The Hall–Kier alpha value is -3.02. The monoisotopic (exact) mass is 344 g/mol. The summed E-state index contributed by atoms with van der Waals surface area (Å²) in [7, 11) is 0. The normalized spacial score (nSPS) is 15.5. The standard InChI is InChI=1S/C20H20N6/c1-12-6-7-14-15(18(20(2)8-9-20)22-17(14)10-12)11-13-4-3-5-16(21-13)19-23-25-26-24-19/h3-7,10,22H,8-9,11H2,1-2H3,(H,23,24,25,26). The average molecular weight is 344 g/mol. The summed E-state index contributed by atoms with van der Waals surface area (Å²) in [5.74, 6) is 0.524. The summed E-state index contributed by atoms with van der Waals surface area (Å²) in [6.45, 7) is 4.48. The minimum Gasteiger partial charge on any atom is -0.358 e. The summed E-state index contributed by atoms with van der Waals surface area (Å²) in [5, 5.41) is 15.5. The lowest BCUT2D eigenvalue weighted by Crippen LogP contribution is -2.05. The Morgan fingerprint density at radius 3 is 2.81 bits per heavy atom. The van der Waals surface area contributed by atoms with Crippen LogP contribution in [0.5, 0.6) is 0 Å². The van der Waals surface area contributed by atoms with Gasteiger partial charge in [0.2, 0.25) is 5.82 Å². The van der Waals surface area contributed by atoms with Gasteiger partial charge in [-0.15, -0.1) is 10.2 Å². The van der Waals surface area contributed by atoms with Gasteiger partial charge in [-0.1, -0.05) is 25.1 Å². The topological polar surface area (TPSA) is 83.1 Å². The van der Waals surface area contributed by atoms with Gasteiger partial charge < -0.3 is 4.98 Å². The van der Waals surface area contributed by atoms with Gasteiger partial charge in [-0.2, -0.15) is 5.21 Å². The molecular weight excluding hydrogens is 324 g/mol. The lowest BCUT2D eigenvalue weighted by Gasteiger charge is -2.11. The number of nitrogens with zero attached hydrogens (tertiary/aromatic N) is 4. The number of rotatable bonds is 4. The number of tetrazole rings is 1. The Morgan fingerprint density at radius 2 is 2.04 bits per heavy atom. The van der Waals surface area contributed by atoms with Gasteiger partial charge in [0.25, 0.3) is 0 Å². The van der Waals surface area contributed by atoms with E-state index in [1.807, 2.05) is 12.1 Å². The molecule has 6 nitrogen and oxygen atoms in total. The van der Waals surface area contributed by atoms with Gasteiger partial charge in [0.05, 0.1) is 0 Å². The molecule has 1 saturated carbocycles. The van der Waals surface area contributed by atoms with Crippen LogP contribution < -0.4 is 0 Å². The van der Waals surface area contributed by atoms with Gasteiger partial charge in [0.15, 0.2) is 0 Å². The van der Waals surface area contributed by atoms with E-state index in [0.29, 0.717) is 5.82 Å². The van der Waals surface area contributed by atoms with Crippen molar-refractivity contribution in [2.75, 3.05) is 0 Å². The second-order valence-corrected chi connectivity index (χ2v) is 7.51. The van der Waals surface area contributed by atoms with Crippen LogP contribution in [-0.4, -0.2) is 30.6 Å². The smallest absolute Gasteiger partial charge is 0.222 e. The number of hydrogen-bond donors (Lipinski definition) is 2. The number of aromatic nitrogens is 6. The third-order valence-electron chi connectivity index (χ3n) is 5.40. The second-order valence-electron chi connectivity index (χ2n) is 7.51. The highest BCUT2D eigenvalue weighted by molar-refractivity contribution is 5.86. The molecule has 3 heterocycles. The van der Waals surface area contributed by atoms with Crippen LogP contribution in [0.15, 0.2) is 36.4 Å². The number of aryl methyl sites for hydroxylation is 1. The highest BCUT2D eigenvalue weighted by Gasteiger charge is 2.42. The van der Waals surface area contributed by atoms with Crippen molar-refractivity contribution in [2.45, 2.75) is 38.5 Å². The van der Waals surface area contributed by atoms with Crippen LogP contribution in [0.4, 0.5) is 0 Å². The molecule has 0 amide bonds. The molecule has 5 rings (SSSR count). The van der Waals surface area contributed by atoms with Gasteiger partial charge in [-0.05, 0) is 54.3 Å². The number of H-pyrrole nitrogens is 2. The molecule has 0 spiro atoms. The van der Waals surface area contributed by atoms with E-state index in [4.69, 9.17) is 4.98 Å². The van der Waals surface area contributed by atoms with Crippen molar-refractivity contribution < 1.29 is 0 Å². The molecule has 1 aliphatic carbocycles. The molecule has 1 aliphatic rings. The van der Waals surface area contributed by atoms with E-state index < -0.39 is 0 Å². The maximum atomic E-state index is 4.76. The fourth-order valence-electron chi connectivity index (χ4n) is 3.66. The van der Waals surface area contributed by atoms with E-state index in [-0.39, 0.29) is 5.41 Å². The first-order valence-corrected chi connectivity index (χ1v) is 8.94. The van der Waals surface area contributed by atoms with Crippen molar-refractivity contribution >= 4 is 10.9 Å². The summed E-state index contributed by atoms with van der Waals surface area (Å²) in [5.41, 5.74) is 7.24. The van der Waals surface area contributed by atoms with Crippen molar-refractivity contribution in [1.29, 1.82) is 0 Å². The third-order valence-corrected chi connectivity index (χ3v) is 5.40. The van der Waals surface area contributed by atoms with Crippen molar-refractivity contribution in [1.82, 2.24) is 30.6 Å². The molecule has 0 radical (unpaired) electrons. The van der Waals surface area contributed by atoms with Gasteiger partial charge in [0, 0.05) is 34.1 Å². The van der Waals surface area contributed by atoms with Crippen LogP contribution in [0, 0.1) is 6.92 Å². The van der Waals surface area contributed by atoms with Crippen LogP contribution in [0.2, 0.25) is 0 Å². The molecule has 6 heteroatoms. The number of hydrogen-bond acceptors (Lipinski definition) is 4. The Labute approximate surface area is 151 Å². The zero-order valence-electron chi connectivity index (χ0n) is 14.9. The zero-order chi connectivity index (χ0) is 17.7. The maximum Gasteiger partial charge on any atom is 0.222 e. The number of nitrogens with one attached hydrogen (secondary N) is 2. The van der Waals surface area contributed by atoms with Crippen LogP contribution in [0.3, 0.4) is 0 Å². The SMILES string of the molecule is Cc1ccc2c(Cc3cccc(-c4nn[nH]n4)n3)c(C3(C)CC3)[nH]c2c1. The average Bonchev–Trinajstić information content (AvgIpc) is 3.06. The quantitative estimate of drug-likeness (QED) is 0.591. The number of benzene rings is 1. The van der Waals surface area contributed by atoms with Gasteiger partial charge >= 0.3 is 0 Å². The van der Waals surface area contributed by atoms with Gasteiger partial charge in [-0.25, -0.2) is 4.98 Å². The van der Waals surface area contributed by atoms with E-state index in [1.165, 1.54) is 40.6 Å². The Kier molecular flexibility index (Phi) is 3.22. The Morgan fingerprint density at radius 1 is 1.15 bits per heavy atom. The Balaban J connectivity index is 1.60. The first-order chi connectivity index (χ1) is 12.6. The lowest BCUT2D eigenvalue weighted by atomic mass is 9.96. The molecule has 3 aromatic heterocycles. The molecule has 0 atom stereocenters. The van der Waals surface area contributed by atoms with E-state index in [9.17, 15) is 0 Å². The lowest BCUT2D eigenvalue weighted by molar-refractivity contribution is 0.748. The van der Waals surface area contributed by atoms with Crippen molar-refractivity contribution in [3.8, 4) is 11.5 Å². The minimum absolute atomic E-state index is 0.271. The molecular formula is C20H20N6. The molecule has 2 N–H and O–H groups in total. The fourth-order valence-corrected chi connectivity index (χ4v) is 3.66. The van der Waals surface area contributed by atoms with E-state index in [1.54, 1.807) is 0 Å². The first-order valence-electron chi connectivity index (χ1n) is 8.94. The first kappa shape index (κ1) is 15.3. The number of fused-ring (bicyclic) bond motifs is 1. The van der Waals surface area contributed by atoms with Gasteiger partial charge in [-0.3, -0.25) is 0 Å². The summed E-state index contributed by atoms with van der Waals surface area (Å²) >= 11 is 0. The fraction of sp³-hybridized carbons (Fsp3) is 0.300. The van der Waals surface area contributed by atoms with Crippen LogP contribution in [-0.2, 0) is 11.8 Å². The molecule has 130 valence electrons. The molecule has 4 aromatic rings. The molecule has 0 aliphatic heterocycles. The summed E-state index contributed by atoms with van der Waals surface area (Å²) in [6.07, 6.45) is 3.27. The summed E-state index contributed by atoms with van der Waals surface area (Å²) in [4.78, 5) is 8.46. The second kappa shape index (κ2) is 5.49. The van der Waals surface area contributed by atoms with Crippen molar-refractivity contribution in [3.63, 3.8) is 0 Å². The van der Waals surface area contributed by atoms with E-state index >= 15 is 0 Å². The maximum absolute atomic E-state index is 4.76. The molecule has 0 saturated heterocycles. The zero-order valence-corrected chi connectivity index (χ0v) is 14.9. The highest BCUT2D eigenvalue weighted by atomic mass is 15.5. The minimum atomic E-state index is 0.271. The van der Waals surface area contributed by atoms with Crippen LogP contribution in [0.25, 0.3) is 22.4 Å². The molecule has 1 fully saturated rings.